The van der Waals surface area contributed by atoms with Crippen LogP contribution in [0.25, 0.3) is 11.5 Å². The summed E-state index contributed by atoms with van der Waals surface area (Å²) < 4.78 is 7.01. The fourth-order valence-electron chi connectivity index (χ4n) is 3.38. The molecule has 1 fully saturated rings. The van der Waals surface area contributed by atoms with Crippen molar-refractivity contribution in [1.82, 2.24) is 15.1 Å². The SMILES string of the molecule is Cn1cc(C(=O)NCC2C(C)(C)C2(C)C)c(-c2ccco2)n1. The third kappa shape index (κ3) is 2.16. The highest BCUT2D eigenvalue weighted by Crippen LogP contribution is 2.67. The molecule has 0 aromatic carbocycles. The third-order valence-electron chi connectivity index (χ3n) is 5.61. The van der Waals surface area contributed by atoms with E-state index in [0.29, 0.717) is 29.5 Å². The Labute approximate surface area is 130 Å². The molecule has 0 atom stereocenters. The van der Waals surface area contributed by atoms with Crippen molar-refractivity contribution in [2.75, 3.05) is 6.54 Å². The van der Waals surface area contributed by atoms with Gasteiger partial charge >= 0.3 is 0 Å². The average Bonchev–Trinajstić information content (AvgIpc) is 2.94. The normalized spacial score (nSPS) is 19.1. The number of aromatic nitrogens is 2. The fraction of sp³-hybridized carbons (Fsp3) is 0.529. The first-order chi connectivity index (χ1) is 10.2. The first-order valence-electron chi connectivity index (χ1n) is 7.61. The molecule has 0 radical (unpaired) electrons. The van der Waals surface area contributed by atoms with Crippen molar-refractivity contribution in [3.05, 3.63) is 30.2 Å². The summed E-state index contributed by atoms with van der Waals surface area (Å²) in [6, 6.07) is 3.60. The van der Waals surface area contributed by atoms with Crippen LogP contribution in [0.2, 0.25) is 0 Å². The van der Waals surface area contributed by atoms with Crippen LogP contribution in [0, 0.1) is 16.7 Å². The number of nitrogens with zero attached hydrogens (tertiary/aromatic N) is 2. The molecule has 1 N–H and O–H groups in total. The van der Waals surface area contributed by atoms with Crippen LogP contribution in [0.15, 0.2) is 29.0 Å². The van der Waals surface area contributed by atoms with Gasteiger partial charge in [0.2, 0.25) is 0 Å². The third-order valence-corrected chi connectivity index (χ3v) is 5.61. The van der Waals surface area contributed by atoms with Crippen molar-refractivity contribution in [2.24, 2.45) is 23.8 Å². The summed E-state index contributed by atoms with van der Waals surface area (Å²) in [5.74, 6) is 1.00. The molecule has 1 aliphatic rings. The maximum atomic E-state index is 12.5. The van der Waals surface area contributed by atoms with E-state index in [-0.39, 0.29) is 16.7 Å². The second-order valence-corrected chi connectivity index (χ2v) is 7.25. The number of carbonyl (C=O) groups excluding carboxylic acids is 1. The van der Waals surface area contributed by atoms with E-state index in [1.54, 1.807) is 30.3 Å². The molecular weight excluding hydrogens is 278 g/mol. The second kappa shape index (κ2) is 4.73. The van der Waals surface area contributed by atoms with Crippen molar-refractivity contribution in [3.63, 3.8) is 0 Å². The van der Waals surface area contributed by atoms with Crippen LogP contribution in [-0.2, 0) is 7.05 Å². The largest absolute Gasteiger partial charge is 0.463 e. The van der Waals surface area contributed by atoms with Crippen molar-refractivity contribution >= 4 is 5.91 Å². The summed E-state index contributed by atoms with van der Waals surface area (Å²) in [4.78, 5) is 12.5. The van der Waals surface area contributed by atoms with Crippen LogP contribution in [0.4, 0.5) is 0 Å². The van der Waals surface area contributed by atoms with Gasteiger partial charge in [0.25, 0.3) is 5.91 Å². The van der Waals surface area contributed by atoms with Gasteiger partial charge in [0.05, 0.1) is 11.8 Å². The topological polar surface area (TPSA) is 60.1 Å². The summed E-state index contributed by atoms with van der Waals surface area (Å²) in [6.45, 7) is 9.69. The molecular formula is C17H23N3O2. The molecule has 3 rings (SSSR count). The molecule has 0 unspecified atom stereocenters. The monoisotopic (exact) mass is 301 g/mol. The number of amides is 1. The average molecular weight is 301 g/mol. The minimum atomic E-state index is -0.0991. The number of nitrogens with one attached hydrogen (secondary N) is 1. The lowest BCUT2D eigenvalue weighted by Gasteiger charge is -2.06. The molecule has 1 saturated carbocycles. The van der Waals surface area contributed by atoms with E-state index < -0.39 is 0 Å². The predicted molar refractivity (Wildman–Crippen MR) is 84.3 cm³/mol. The Morgan fingerprint density at radius 1 is 1.36 bits per heavy atom. The summed E-state index contributed by atoms with van der Waals surface area (Å²) in [7, 11) is 1.80. The van der Waals surface area contributed by atoms with E-state index in [2.05, 4.69) is 38.1 Å². The minimum Gasteiger partial charge on any atom is -0.463 e. The van der Waals surface area contributed by atoms with Gasteiger partial charge in [0.15, 0.2) is 5.76 Å². The minimum absolute atomic E-state index is 0.0991. The Morgan fingerprint density at radius 3 is 2.59 bits per heavy atom. The maximum absolute atomic E-state index is 12.5. The van der Waals surface area contributed by atoms with Gasteiger partial charge in [0, 0.05) is 19.8 Å². The number of hydrogen-bond donors (Lipinski definition) is 1. The van der Waals surface area contributed by atoms with E-state index in [1.807, 2.05) is 6.07 Å². The molecule has 118 valence electrons. The van der Waals surface area contributed by atoms with E-state index in [0.717, 1.165) is 0 Å². The van der Waals surface area contributed by atoms with Gasteiger partial charge in [-0.1, -0.05) is 27.7 Å². The summed E-state index contributed by atoms with van der Waals surface area (Å²) in [6.07, 6.45) is 3.32. The van der Waals surface area contributed by atoms with Crippen molar-refractivity contribution < 1.29 is 9.21 Å². The smallest absolute Gasteiger partial charge is 0.255 e. The zero-order chi connectivity index (χ0) is 16.1. The highest BCUT2D eigenvalue weighted by molar-refractivity contribution is 5.99. The Bertz CT molecular complexity index is 682. The number of carbonyl (C=O) groups is 1. The standard InChI is InChI=1S/C17H23N3O2/c1-16(2)13(17(16,3)4)9-18-15(21)11-10-20(5)19-14(11)12-7-6-8-22-12/h6-8,10,13H,9H2,1-5H3,(H,18,21). The molecule has 1 amide bonds. The van der Waals surface area contributed by atoms with Crippen LogP contribution in [0.3, 0.4) is 0 Å². The molecule has 2 aromatic heterocycles. The van der Waals surface area contributed by atoms with Crippen molar-refractivity contribution in [3.8, 4) is 11.5 Å². The van der Waals surface area contributed by atoms with Crippen molar-refractivity contribution in [2.45, 2.75) is 27.7 Å². The van der Waals surface area contributed by atoms with Crippen molar-refractivity contribution in [1.29, 1.82) is 0 Å². The van der Waals surface area contributed by atoms with Crippen LogP contribution < -0.4 is 5.32 Å². The molecule has 5 heteroatoms. The highest BCUT2D eigenvalue weighted by atomic mass is 16.3. The molecule has 0 bridgehead atoms. The van der Waals surface area contributed by atoms with Crippen LogP contribution >= 0.6 is 0 Å². The van der Waals surface area contributed by atoms with Gasteiger partial charge in [0.1, 0.15) is 5.69 Å². The van der Waals surface area contributed by atoms with Gasteiger partial charge in [-0.2, -0.15) is 5.10 Å². The quantitative estimate of drug-likeness (QED) is 0.944. The Balaban J connectivity index is 1.74. The summed E-state index contributed by atoms with van der Waals surface area (Å²) >= 11 is 0. The van der Waals surface area contributed by atoms with E-state index in [1.165, 1.54) is 0 Å². The lowest BCUT2D eigenvalue weighted by molar-refractivity contribution is 0.0950. The van der Waals surface area contributed by atoms with Crippen LogP contribution in [0.5, 0.6) is 0 Å². The number of aryl methyl sites for hydroxylation is 1. The van der Waals surface area contributed by atoms with Crippen LogP contribution in [-0.4, -0.2) is 22.2 Å². The number of rotatable bonds is 4. The Hall–Kier alpha value is -2.04. The number of hydrogen-bond acceptors (Lipinski definition) is 3. The molecule has 22 heavy (non-hydrogen) atoms. The maximum Gasteiger partial charge on any atom is 0.255 e. The lowest BCUT2D eigenvalue weighted by atomic mass is 10.0. The van der Waals surface area contributed by atoms with E-state index >= 15 is 0 Å². The zero-order valence-corrected chi connectivity index (χ0v) is 13.8. The highest BCUT2D eigenvalue weighted by Gasteiger charge is 2.64. The molecule has 0 aliphatic heterocycles. The molecule has 0 saturated heterocycles. The first-order valence-corrected chi connectivity index (χ1v) is 7.61. The predicted octanol–water partition coefficient (Wildman–Crippen LogP) is 3.09. The number of furan rings is 1. The zero-order valence-electron chi connectivity index (χ0n) is 13.8. The summed E-state index contributed by atoms with van der Waals surface area (Å²) in [5, 5.41) is 7.39. The molecule has 1 aliphatic carbocycles. The summed E-state index contributed by atoms with van der Waals surface area (Å²) in [5.41, 5.74) is 1.66. The lowest BCUT2D eigenvalue weighted by Crippen LogP contribution is -2.27. The van der Waals surface area contributed by atoms with Gasteiger partial charge in [-0.15, -0.1) is 0 Å². The van der Waals surface area contributed by atoms with E-state index in [9.17, 15) is 4.79 Å². The Morgan fingerprint density at radius 2 is 2.05 bits per heavy atom. The molecule has 5 nitrogen and oxygen atoms in total. The molecule has 2 heterocycles. The van der Waals surface area contributed by atoms with Crippen LogP contribution in [0.1, 0.15) is 38.1 Å². The molecule has 0 spiro atoms. The van der Waals surface area contributed by atoms with Gasteiger partial charge in [-0.05, 0) is 28.9 Å². The van der Waals surface area contributed by atoms with Gasteiger partial charge < -0.3 is 9.73 Å². The Kier molecular flexibility index (Phi) is 3.20. The second-order valence-electron chi connectivity index (χ2n) is 7.25. The fourth-order valence-corrected chi connectivity index (χ4v) is 3.38. The molecule has 2 aromatic rings. The van der Waals surface area contributed by atoms with E-state index in [4.69, 9.17) is 4.42 Å². The first kappa shape index (κ1) is 14.9. The van der Waals surface area contributed by atoms with Gasteiger partial charge in [-0.3, -0.25) is 9.48 Å². The van der Waals surface area contributed by atoms with Gasteiger partial charge in [-0.25, -0.2) is 0 Å².